The van der Waals surface area contributed by atoms with Gasteiger partial charge in [0, 0.05) is 0 Å². The van der Waals surface area contributed by atoms with Gasteiger partial charge in [-0.3, -0.25) is 15.0 Å². The SMILES string of the molecule is NOCc1c(Br)sc(C(F)(F)F)c1[N+](=O)[O-]. The van der Waals surface area contributed by atoms with Crippen LogP contribution in [0.5, 0.6) is 0 Å². The number of hydrogen-bond acceptors (Lipinski definition) is 5. The van der Waals surface area contributed by atoms with E-state index >= 15 is 0 Å². The molecule has 2 N–H and O–H groups in total. The van der Waals surface area contributed by atoms with Crippen molar-refractivity contribution in [3.05, 3.63) is 24.3 Å². The summed E-state index contributed by atoms with van der Waals surface area (Å²) >= 11 is 3.04. The van der Waals surface area contributed by atoms with Crippen molar-refractivity contribution in [3.8, 4) is 0 Å². The second-order valence-corrected chi connectivity index (χ2v) is 4.94. The van der Waals surface area contributed by atoms with Crippen LogP contribution in [0.2, 0.25) is 0 Å². The Morgan fingerprint density at radius 3 is 2.50 bits per heavy atom. The van der Waals surface area contributed by atoms with E-state index < -0.39 is 28.3 Å². The Kier molecular flexibility index (Phi) is 3.88. The van der Waals surface area contributed by atoms with Crippen molar-refractivity contribution >= 4 is 33.0 Å². The molecule has 0 saturated heterocycles. The Bertz CT molecular complexity index is 420. The maximum absolute atomic E-state index is 12.5. The summed E-state index contributed by atoms with van der Waals surface area (Å²) in [5.41, 5.74) is -1.24. The van der Waals surface area contributed by atoms with Crippen molar-refractivity contribution in [2.45, 2.75) is 12.8 Å². The van der Waals surface area contributed by atoms with Crippen LogP contribution in [0.4, 0.5) is 18.9 Å². The number of nitro groups is 1. The van der Waals surface area contributed by atoms with Crippen LogP contribution in [0.3, 0.4) is 0 Å². The highest BCUT2D eigenvalue weighted by molar-refractivity contribution is 9.11. The lowest BCUT2D eigenvalue weighted by atomic mass is 10.2. The van der Waals surface area contributed by atoms with Gasteiger partial charge in [-0.25, -0.2) is 5.90 Å². The molecule has 0 radical (unpaired) electrons. The molecule has 0 fully saturated rings. The minimum atomic E-state index is -4.78. The molecule has 0 bridgehead atoms. The van der Waals surface area contributed by atoms with E-state index in [0.717, 1.165) is 0 Å². The predicted molar refractivity (Wildman–Crippen MR) is 52.7 cm³/mol. The zero-order valence-electron chi connectivity index (χ0n) is 7.38. The van der Waals surface area contributed by atoms with Crippen LogP contribution >= 0.6 is 27.3 Å². The Morgan fingerprint density at radius 2 is 2.12 bits per heavy atom. The molecule has 0 aliphatic rings. The largest absolute Gasteiger partial charge is 0.432 e. The van der Waals surface area contributed by atoms with Crippen LogP contribution < -0.4 is 5.90 Å². The summed E-state index contributed by atoms with van der Waals surface area (Å²) in [6.45, 7) is -0.469. The summed E-state index contributed by atoms with van der Waals surface area (Å²) in [7, 11) is 0. The quantitative estimate of drug-likeness (QED) is 0.686. The van der Waals surface area contributed by atoms with Gasteiger partial charge in [-0.05, 0) is 15.9 Å². The van der Waals surface area contributed by atoms with Gasteiger partial charge in [0.1, 0.15) is 6.61 Å². The Hall–Kier alpha value is -0.710. The van der Waals surface area contributed by atoms with E-state index in [1.165, 1.54) is 0 Å². The molecule has 5 nitrogen and oxygen atoms in total. The summed E-state index contributed by atoms with van der Waals surface area (Å²) in [4.78, 5) is 12.3. The van der Waals surface area contributed by atoms with Gasteiger partial charge in [0.2, 0.25) is 0 Å². The minimum absolute atomic E-state index is 0.0167. The zero-order chi connectivity index (χ0) is 12.5. The highest BCUT2D eigenvalue weighted by atomic mass is 79.9. The van der Waals surface area contributed by atoms with Gasteiger partial charge in [0.25, 0.3) is 5.69 Å². The average molecular weight is 321 g/mol. The topological polar surface area (TPSA) is 78.4 Å². The van der Waals surface area contributed by atoms with Crippen LogP contribution in [-0.4, -0.2) is 4.92 Å². The van der Waals surface area contributed by atoms with Crippen LogP contribution in [0.15, 0.2) is 3.79 Å². The van der Waals surface area contributed by atoms with Gasteiger partial charge < -0.3 is 0 Å². The lowest BCUT2D eigenvalue weighted by Crippen LogP contribution is -2.07. The Labute approximate surface area is 99.2 Å². The molecule has 1 aromatic rings. The first-order valence-electron chi connectivity index (χ1n) is 3.63. The van der Waals surface area contributed by atoms with E-state index in [-0.39, 0.29) is 20.7 Å². The summed E-state index contributed by atoms with van der Waals surface area (Å²) in [5.74, 6) is 4.70. The molecular formula is C6H4BrF3N2O3S. The maximum Gasteiger partial charge on any atom is 0.432 e. The molecule has 1 aromatic heterocycles. The monoisotopic (exact) mass is 320 g/mol. The number of nitrogens with zero attached hydrogens (tertiary/aromatic N) is 1. The van der Waals surface area contributed by atoms with Crippen LogP contribution in [-0.2, 0) is 17.6 Å². The number of thiophene rings is 1. The van der Waals surface area contributed by atoms with Crippen LogP contribution in [0, 0.1) is 10.1 Å². The second-order valence-electron chi connectivity index (χ2n) is 2.60. The van der Waals surface area contributed by atoms with Gasteiger partial charge in [-0.2, -0.15) is 13.2 Å². The van der Waals surface area contributed by atoms with E-state index in [1.54, 1.807) is 0 Å². The number of halogens is 4. The maximum atomic E-state index is 12.5. The van der Waals surface area contributed by atoms with Gasteiger partial charge in [0.15, 0.2) is 4.88 Å². The van der Waals surface area contributed by atoms with E-state index in [9.17, 15) is 23.3 Å². The van der Waals surface area contributed by atoms with E-state index in [2.05, 4.69) is 20.8 Å². The minimum Gasteiger partial charge on any atom is -0.300 e. The van der Waals surface area contributed by atoms with Gasteiger partial charge in [-0.1, -0.05) is 0 Å². The van der Waals surface area contributed by atoms with Crippen molar-refractivity contribution in [2.75, 3.05) is 0 Å². The van der Waals surface area contributed by atoms with Crippen LogP contribution in [0.1, 0.15) is 10.4 Å². The standard InChI is InChI=1S/C6H4BrF3N2O3S/c7-5-2(1-15-11)3(12(13)14)4(16-5)6(8,9)10/h1,11H2. The average Bonchev–Trinajstić information content (AvgIpc) is 2.44. The molecule has 0 unspecified atom stereocenters. The van der Waals surface area contributed by atoms with Crippen molar-refractivity contribution in [3.63, 3.8) is 0 Å². The second kappa shape index (κ2) is 4.65. The molecule has 0 atom stereocenters. The first-order valence-corrected chi connectivity index (χ1v) is 5.24. The summed E-state index contributed by atoms with van der Waals surface area (Å²) in [5, 5.41) is 10.6. The molecule has 1 heterocycles. The number of rotatable bonds is 3. The molecule has 90 valence electrons. The molecule has 0 amide bonds. The smallest absolute Gasteiger partial charge is 0.300 e. The number of alkyl halides is 3. The number of nitrogens with two attached hydrogens (primary N) is 1. The van der Waals surface area contributed by atoms with Crippen LogP contribution in [0.25, 0.3) is 0 Å². The van der Waals surface area contributed by atoms with Gasteiger partial charge in [-0.15, -0.1) is 11.3 Å². The lowest BCUT2D eigenvalue weighted by Gasteiger charge is -2.02. The van der Waals surface area contributed by atoms with E-state index in [4.69, 9.17) is 5.90 Å². The first-order chi connectivity index (χ1) is 7.29. The lowest BCUT2D eigenvalue weighted by molar-refractivity contribution is -0.388. The molecular weight excluding hydrogens is 317 g/mol. The normalized spacial score (nSPS) is 11.8. The third-order valence-electron chi connectivity index (χ3n) is 1.60. The van der Waals surface area contributed by atoms with E-state index in [1.807, 2.05) is 0 Å². The first kappa shape index (κ1) is 13.4. The summed E-state index contributed by atoms with van der Waals surface area (Å²) in [6, 6.07) is 0. The third kappa shape index (κ3) is 2.51. The summed E-state index contributed by atoms with van der Waals surface area (Å²) in [6.07, 6.45) is -4.78. The Balaban J connectivity index is 3.41. The van der Waals surface area contributed by atoms with Crippen molar-refractivity contribution in [2.24, 2.45) is 5.90 Å². The van der Waals surface area contributed by atoms with Crippen molar-refractivity contribution < 1.29 is 22.9 Å². The molecule has 0 aliphatic carbocycles. The number of hydrogen-bond donors (Lipinski definition) is 1. The molecule has 1 rings (SSSR count). The fourth-order valence-corrected chi connectivity index (χ4v) is 2.68. The molecule has 0 aliphatic heterocycles. The molecule has 0 spiro atoms. The predicted octanol–water partition coefficient (Wildman–Crippen LogP) is 2.83. The van der Waals surface area contributed by atoms with E-state index in [0.29, 0.717) is 0 Å². The molecule has 0 aromatic carbocycles. The Morgan fingerprint density at radius 1 is 1.56 bits per heavy atom. The summed E-state index contributed by atoms with van der Waals surface area (Å²) < 4.78 is 37.3. The van der Waals surface area contributed by atoms with Gasteiger partial charge >= 0.3 is 6.18 Å². The molecule has 0 saturated carbocycles. The third-order valence-corrected chi connectivity index (χ3v) is 3.62. The van der Waals surface area contributed by atoms with Crippen molar-refractivity contribution in [1.29, 1.82) is 0 Å². The molecule has 16 heavy (non-hydrogen) atoms. The highest BCUT2D eigenvalue weighted by Crippen LogP contribution is 2.47. The van der Waals surface area contributed by atoms with Gasteiger partial charge in [0.05, 0.1) is 14.3 Å². The highest BCUT2D eigenvalue weighted by Gasteiger charge is 2.43. The zero-order valence-corrected chi connectivity index (χ0v) is 9.78. The molecule has 10 heteroatoms. The van der Waals surface area contributed by atoms with Crippen molar-refractivity contribution in [1.82, 2.24) is 0 Å². The fourth-order valence-electron chi connectivity index (χ4n) is 1.02. The fraction of sp³-hybridized carbons (Fsp3) is 0.333.